The number of pyridine rings is 1. The molecule has 3 heterocycles. The molecule has 5 heteroatoms. The number of hydrogen-bond donors (Lipinski definition) is 0. The van der Waals surface area contributed by atoms with Gasteiger partial charge >= 0.3 is 0 Å². The Hall–Kier alpha value is -1.72. The number of morpholine rings is 1. The molecule has 2 aromatic heterocycles. The van der Waals surface area contributed by atoms with Gasteiger partial charge in [0.15, 0.2) is 0 Å². The fraction of sp³-hybridized carbons (Fsp3) is 0.529. The fourth-order valence-corrected chi connectivity index (χ4v) is 3.76. The summed E-state index contributed by atoms with van der Waals surface area (Å²) >= 11 is 0. The molecular weight excluding hydrogens is 278 g/mol. The van der Waals surface area contributed by atoms with Crippen LogP contribution in [-0.4, -0.2) is 39.6 Å². The standard InChI is InChI=1S/C17H21N3O2/c21-17-11-13(18-16-7-3-4-8-20(16)17)12-19-9-10-22-15-6-2-1-5-14(15)19/h3-4,7-8,11,14-15H,1-2,5-6,9-10,12H2/t14-,15+/m0/s1. The van der Waals surface area contributed by atoms with E-state index >= 15 is 0 Å². The van der Waals surface area contributed by atoms with Crippen LogP contribution in [-0.2, 0) is 11.3 Å². The molecule has 0 amide bonds. The number of nitrogens with zero attached hydrogens (tertiary/aromatic N) is 3. The van der Waals surface area contributed by atoms with E-state index in [1.54, 1.807) is 16.7 Å². The van der Waals surface area contributed by atoms with Crippen LogP contribution in [0.5, 0.6) is 0 Å². The van der Waals surface area contributed by atoms with Crippen LogP contribution in [0.1, 0.15) is 31.4 Å². The van der Waals surface area contributed by atoms with Gasteiger partial charge in [0.25, 0.3) is 5.56 Å². The van der Waals surface area contributed by atoms with Crippen LogP contribution < -0.4 is 5.56 Å². The van der Waals surface area contributed by atoms with Gasteiger partial charge in [-0.2, -0.15) is 0 Å². The normalized spacial score (nSPS) is 26.0. The molecule has 2 aromatic rings. The van der Waals surface area contributed by atoms with Gasteiger partial charge in [-0.1, -0.05) is 18.9 Å². The van der Waals surface area contributed by atoms with Crippen LogP contribution in [0.25, 0.3) is 5.65 Å². The SMILES string of the molecule is O=c1cc(CN2CCO[C@@H]3CCCC[C@@H]32)nc2ccccn12. The predicted octanol–water partition coefficient (Wildman–Crippen LogP) is 1.84. The van der Waals surface area contributed by atoms with Gasteiger partial charge in [-0.05, 0) is 25.0 Å². The van der Waals surface area contributed by atoms with E-state index in [1.165, 1.54) is 19.3 Å². The predicted molar refractivity (Wildman–Crippen MR) is 83.9 cm³/mol. The van der Waals surface area contributed by atoms with Crippen LogP contribution in [0, 0.1) is 0 Å². The van der Waals surface area contributed by atoms with E-state index in [0.29, 0.717) is 12.1 Å². The van der Waals surface area contributed by atoms with Gasteiger partial charge < -0.3 is 4.74 Å². The lowest BCUT2D eigenvalue weighted by molar-refractivity contribution is -0.0914. The van der Waals surface area contributed by atoms with Crippen molar-refractivity contribution in [1.29, 1.82) is 0 Å². The van der Waals surface area contributed by atoms with Crippen molar-refractivity contribution in [2.75, 3.05) is 13.2 Å². The molecule has 2 fully saturated rings. The first-order valence-electron chi connectivity index (χ1n) is 8.14. The minimum absolute atomic E-state index is 0.00551. The van der Waals surface area contributed by atoms with Gasteiger partial charge in [-0.25, -0.2) is 4.98 Å². The number of fused-ring (bicyclic) bond motifs is 2. The third-order valence-electron chi connectivity index (χ3n) is 4.84. The highest BCUT2D eigenvalue weighted by Crippen LogP contribution is 2.29. The maximum absolute atomic E-state index is 12.2. The van der Waals surface area contributed by atoms with E-state index in [9.17, 15) is 4.79 Å². The van der Waals surface area contributed by atoms with Crippen molar-refractivity contribution >= 4 is 5.65 Å². The van der Waals surface area contributed by atoms with Crippen LogP contribution in [0.2, 0.25) is 0 Å². The third-order valence-corrected chi connectivity index (χ3v) is 4.84. The summed E-state index contributed by atoms with van der Waals surface area (Å²) in [6.07, 6.45) is 7.02. The Morgan fingerprint density at radius 2 is 2.18 bits per heavy atom. The van der Waals surface area contributed by atoms with E-state index < -0.39 is 0 Å². The van der Waals surface area contributed by atoms with Crippen molar-refractivity contribution in [2.45, 2.75) is 44.4 Å². The lowest BCUT2D eigenvalue weighted by Gasteiger charge is -2.43. The maximum atomic E-state index is 12.2. The summed E-state index contributed by atoms with van der Waals surface area (Å²) in [5, 5.41) is 0. The minimum atomic E-state index is -0.00551. The molecule has 1 aliphatic carbocycles. The van der Waals surface area contributed by atoms with Gasteiger partial charge in [-0.15, -0.1) is 0 Å². The number of ether oxygens (including phenoxy) is 1. The van der Waals surface area contributed by atoms with E-state index in [1.807, 2.05) is 18.2 Å². The van der Waals surface area contributed by atoms with Crippen LogP contribution >= 0.6 is 0 Å². The largest absolute Gasteiger partial charge is 0.375 e. The first-order valence-corrected chi connectivity index (χ1v) is 8.14. The highest BCUT2D eigenvalue weighted by Gasteiger charge is 2.34. The second-order valence-corrected chi connectivity index (χ2v) is 6.25. The van der Waals surface area contributed by atoms with Crippen LogP contribution in [0.4, 0.5) is 0 Å². The van der Waals surface area contributed by atoms with Gasteiger partial charge in [0.2, 0.25) is 0 Å². The summed E-state index contributed by atoms with van der Waals surface area (Å²) in [4.78, 5) is 19.3. The summed E-state index contributed by atoms with van der Waals surface area (Å²) in [5.41, 5.74) is 1.58. The average molecular weight is 299 g/mol. The van der Waals surface area contributed by atoms with Crippen molar-refractivity contribution in [3.05, 3.63) is 46.5 Å². The zero-order valence-corrected chi connectivity index (χ0v) is 12.6. The zero-order valence-electron chi connectivity index (χ0n) is 12.6. The Morgan fingerprint density at radius 3 is 3.14 bits per heavy atom. The van der Waals surface area contributed by atoms with E-state index in [4.69, 9.17) is 4.74 Å². The Labute approximate surface area is 129 Å². The Morgan fingerprint density at radius 1 is 1.27 bits per heavy atom. The number of hydrogen-bond acceptors (Lipinski definition) is 4. The summed E-state index contributed by atoms with van der Waals surface area (Å²) in [6.45, 7) is 2.45. The third kappa shape index (κ3) is 2.55. The molecule has 0 N–H and O–H groups in total. The zero-order chi connectivity index (χ0) is 14.9. The molecule has 1 saturated carbocycles. The maximum Gasteiger partial charge on any atom is 0.258 e. The van der Waals surface area contributed by atoms with Gasteiger partial charge in [0.05, 0.1) is 18.4 Å². The summed E-state index contributed by atoms with van der Waals surface area (Å²) in [7, 11) is 0. The number of aromatic nitrogens is 2. The van der Waals surface area contributed by atoms with Crippen LogP contribution in [0.15, 0.2) is 35.3 Å². The van der Waals surface area contributed by atoms with Crippen molar-refractivity contribution in [3.8, 4) is 0 Å². The second kappa shape index (κ2) is 5.82. The van der Waals surface area contributed by atoms with Crippen molar-refractivity contribution in [2.24, 2.45) is 0 Å². The molecule has 1 saturated heterocycles. The molecule has 116 valence electrons. The molecule has 2 aliphatic rings. The van der Waals surface area contributed by atoms with Crippen molar-refractivity contribution in [3.63, 3.8) is 0 Å². The quantitative estimate of drug-likeness (QED) is 0.849. The van der Waals surface area contributed by atoms with Crippen molar-refractivity contribution in [1.82, 2.24) is 14.3 Å². The first-order chi connectivity index (χ1) is 10.8. The Kier molecular flexibility index (Phi) is 3.68. The Bertz CT molecular complexity index is 725. The van der Waals surface area contributed by atoms with E-state index in [2.05, 4.69) is 9.88 Å². The highest BCUT2D eigenvalue weighted by molar-refractivity contribution is 5.38. The summed E-state index contributed by atoms with van der Waals surface area (Å²) in [5.74, 6) is 0. The van der Waals surface area contributed by atoms with E-state index in [-0.39, 0.29) is 5.56 Å². The lowest BCUT2D eigenvalue weighted by Crippen LogP contribution is -2.52. The van der Waals surface area contributed by atoms with Gasteiger partial charge in [0, 0.05) is 31.4 Å². The fourth-order valence-electron chi connectivity index (χ4n) is 3.76. The van der Waals surface area contributed by atoms with Crippen molar-refractivity contribution < 1.29 is 4.74 Å². The summed E-state index contributed by atoms with van der Waals surface area (Å²) in [6, 6.07) is 7.80. The highest BCUT2D eigenvalue weighted by atomic mass is 16.5. The molecular formula is C17H21N3O2. The van der Waals surface area contributed by atoms with Gasteiger partial charge in [-0.3, -0.25) is 14.1 Å². The molecule has 4 rings (SSSR count). The monoisotopic (exact) mass is 299 g/mol. The molecule has 5 nitrogen and oxygen atoms in total. The molecule has 0 bridgehead atoms. The molecule has 1 aliphatic heterocycles. The smallest absolute Gasteiger partial charge is 0.258 e. The molecule has 0 radical (unpaired) electrons. The lowest BCUT2D eigenvalue weighted by atomic mass is 9.90. The number of rotatable bonds is 2. The second-order valence-electron chi connectivity index (χ2n) is 6.25. The Balaban J connectivity index is 1.61. The molecule has 2 atom stereocenters. The molecule has 22 heavy (non-hydrogen) atoms. The average Bonchev–Trinajstić information content (AvgIpc) is 2.55. The van der Waals surface area contributed by atoms with Gasteiger partial charge in [0.1, 0.15) is 5.65 Å². The molecule has 0 unspecified atom stereocenters. The minimum Gasteiger partial charge on any atom is -0.375 e. The van der Waals surface area contributed by atoms with Crippen LogP contribution in [0.3, 0.4) is 0 Å². The first kappa shape index (κ1) is 13.9. The molecule has 0 aromatic carbocycles. The van der Waals surface area contributed by atoms with E-state index in [0.717, 1.165) is 37.5 Å². The topological polar surface area (TPSA) is 46.8 Å². The molecule has 0 spiro atoms. The summed E-state index contributed by atoms with van der Waals surface area (Å²) < 4.78 is 7.51.